The zero-order valence-electron chi connectivity index (χ0n) is 29.3. The number of hydrogen-bond acceptors (Lipinski definition) is 8. The third-order valence-corrected chi connectivity index (χ3v) is 10.5. The number of aryl methyl sites for hydroxylation is 2. The van der Waals surface area contributed by atoms with E-state index in [1.165, 1.54) is 12.0 Å². The number of hydrogen-bond donors (Lipinski definition) is 2. The van der Waals surface area contributed by atoms with Gasteiger partial charge in [-0.3, -0.25) is 19.2 Å². The standard InChI is InChI=1S/C39H47N3O8/c1-23(2)29(21-43)42-35-37(46)41(28-20-24(3)16-17-25(28)4)19-11-18-39(35)33(36(42)45)32-30(50-39)14-9-10-15-31(44)40-27(22-48-5)34(49-38(32)47)26-12-7-6-8-13-26/h6-9,11-14,16-18,20,23,27,29-30,32-35,43H,10,15,19,21-22H2,1-5H3,(H,40,44)/b14-9-/t27-,29-,30-,32+,33+,34-,35-,39+/m0/s1. The van der Waals surface area contributed by atoms with Gasteiger partial charge in [-0.25, -0.2) is 0 Å². The number of fused-ring (bicyclic) bond motifs is 2. The van der Waals surface area contributed by atoms with Gasteiger partial charge in [0.1, 0.15) is 23.7 Å². The lowest BCUT2D eigenvalue weighted by atomic mass is 9.77. The van der Waals surface area contributed by atoms with Crippen molar-refractivity contribution in [2.24, 2.45) is 17.8 Å². The number of cyclic esters (lactones) is 1. The predicted octanol–water partition coefficient (Wildman–Crippen LogP) is 3.57. The number of carbonyl (C=O) groups is 4. The van der Waals surface area contributed by atoms with Crippen LogP contribution >= 0.6 is 0 Å². The summed E-state index contributed by atoms with van der Waals surface area (Å²) in [7, 11) is 1.51. The average Bonchev–Trinajstić information content (AvgIpc) is 3.47. The SMILES string of the molecule is COC[C@@H]1NC(=O)CC/C=C\[C@@H]2O[C@@]34C=CCN(c5cc(C)ccc5C)C(=O)[C@@H]3N([C@@H](CO)C(C)C)C(=O)[C@H]4[C@@H]2C(=O)O[C@H]1c1ccccc1. The second kappa shape index (κ2) is 14.5. The number of likely N-dealkylation sites (tertiary alicyclic amines) is 1. The lowest BCUT2D eigenvalue weighted by Gasteiger charge is -2.40. The lowest BCUT2D eigenvalue weighted by Crippen LogP contribution is -2.59. The van der Waals surface area contributed by atoms with Gasteiger partial charge in [0.15, 0.2) is 0 Å². The molecule has 6 rings (SSSR count). The number of benzene rings is 2. The van der Waals surface area contributed by atoms with Crippen LogP contribution in [0, 0.1) is 31.6 Å². The van der Waals surface area contributed by atoms with Gasteiger partial charge in [0.2, 0.25) is 11.8 Å². The Kier molecular flexibility index (Phi) is 10.3. The molecule has 4 heterocycles. The minimum Gasteiger partial charge on any atom is -0.455 e. The maximum atomic E-state index is 15.0. The normalized spacial score (nSPS) is 31.2. The highest BCUT2D eigenvalue weighted by Crippen LogP contribution is 2.54. The largest absolute Gasteiger partial charge is 0.455 e. The molecule has 0 saturated carbocycles. The van der Waals surface area contributed by atoms with Crippen molar-refractivity contribution in [1.29, 1.82) is 0 Å². The van der Waals surface area contributed by atoms with Crippen molar-refractivity contribution < 1.29 is 38.5 Å². The molecule has 11 heteroatoms. The maximum absolute atomic E-state index is 15.0. The summed E-state index contributed by atoms with van der Waals surface area (Å²) in [6.45, 7) is 7.58. The van der Waals surface area contributed by atoms with Crippen LogP contribution in [-0.4, -0.2) is 90.4 Å². The molecule has 11 nitrogen and oxygen atoms in total. The molecule has 2 N–H and O–H groups in total. The van der Waals surface area contributed by atoms with E-state index < -0.39 is 59.6 Å². The topological polar surface area (TPSA) is 135 Å². The van der Waals surface area contributed by atoms with Gasteiger partial charge >= 0.3 is 5.97 Å². The minimum atomic E-state index is -1.54. The number of anilines is 1. The predicted molar refractivity (Wildman–Crippen MR) is 186 cm³/mol. The lowest BCUT2D eigenvalue weighted by molar-refractivity contribution is -0.163. The van der Waals surface area contributed by atoms with Gasteiger partial charge in [-0.05, 0) is 48.9 Å². The van der Waals surface area contributed by atoms with Crippen molar-refractivity contribution >= 4 is 29.4 Å². The maximum Gasteiger partial charge on any atom is 0.313 e. The third-order valence-electron chi connectivity index (χ3n) is 10.5. The summed E-state index contributed by atoms with van der Waals surface area (Å²) >= 11 is 0. The van der Waals surface area contributed by atoms with E-state index in [1.807, 2.05) is 82.3 Å². The molecule has 2 saturated heterocycles. The van der Waals surface area contributed by atoms with Crippen LogP contribution in [0.15, 0.2) is 72.8 Å². The Balaban J connectivity index is 1.49. The molecule has 3 amide bonds. The first-order chi connectivity index (χ1) is 24.0. The fourth-order valence-corrected chi connectivity index (χ4v) is 8.03. The zero-order chi connectivity index (χ0) is 35.7. The number of nitrogens with zero attached hydrogens (tertiary/aromatic N) is 2. The number of aliphatic hydroxyl groups excluding tert-OH is 1. The molecule has 2 aromatic carbocycles. The number of methoxy groups -OCH3 is 1. The van der Waals surface area contributed by atoms with E-state index >= 15 is 0 Å². The number of carbonyl (C=O) groups excluding carboxylic acids is 4. The molecular weight excluding hydrogens is 638 g/mol. The number of esters is 1. The minimum absolute atomic E-state index is 0.0686. The van der Waals surface area contributed by atoms with Crippen LogP contribution in [0.25, 0.3) is 0 Å². The summed E-state index contributed by atoms with van der Waals surface area (Å²) < 4.78 is 18.7. The fraction of sp³-hybridized carbons (Fsp3) is 0.487. The quantitative estimate of drug-likeness (QED) is 0.334. The summed E-state index contributed by atoms with van der Waals surface area (Å²) in [5.74, 6) is -4.21. The molecule has 0 bridgehead atoms. The number of rotatable bonds is 7. The highest BCUT2D eigenvalue weighted by atomic mass is 16.6. The van der Waals surface area contributed by atoms with Crippen LogP contribution in [-0.2, 0) is 33.4 Å². The van der Waals surface area contributed by atoms with E-state index in [0.29, 0.717) is 17.7 Å². The van der Waals surface area contributed by atoms with Crippen molar-refractivity contribution in [3.05, 3.63) is 89.5 Å². The molecule has 2 aromatic rings. The van der Waals surface area contributed by atoms with Crippen molar-refractivity contribution in [1.82, 2.24) is 10.2 Å². The fourth-order valence-electron chi connectivity index (χ4n) is 8.03. The van der Waals surface area contributed by atoms with Gasteiger partial charge < -0.3 is 34.4 Å². The first kappa shape index (κ1) is 35.5. The van der Waals surface area contributed by atoms with Crippen molar-refractivity contribution in [2.45, 2.75) is 76.5 Å². The number of ether oxygens (including phenoxy) is 3. The molecule has 8 atom stereocenters. The molecular formula is C39H47N3O8. The van der Waals surface area contributed by atoms with E-state index in [0.717, 1.165) is 11.1 Å². The smallest absolute Gasteiger partial charge is 0.313 e. The summed E-state index contributed by atoms with van der Waals surface area (Å²) in [5.41, 5.74) is 1.69. The van der Waals surface area contributed by atoms with Gasteiger partial charge in [0.25, 0.3) is 5.91 Å². The molecule has 50 heavy (non-hydrogen) atoms. The van der Waals surface area contributed by atoms with Gasteiger partial charge in [-0.15, -0.1) is 0 Å². The Morgan fingerprint density at radius 3 is 2.50 bits per heavy atom. The summed E-state index contributed by atoms with van der Waals surface area (Å²) in [5, 5.41) is 13.7. The Morgan fingerprint density at radius 1 is 1.04 bits per heavy atom. The van der Waals surface area contributed by atoms with Crippen molar-refractivity contribution in [3.8, 4) is 0 Å². The monoisotopic (exact) mass is 685 g/mol. The van der Waals surface area contributed by atoms with Crippen LogP contribution in [0.3, 0.4) is 0 Å². The molecule has 1 spiro atoms. The Bertz CT molecular complexity index is 1670. The van der Waals surface area contributed by atoms with E-state index in [-0.39, 0.29) is 43.9 Å². The number of aliphatic hydroxyl groups is 1. The zero-order valence-corrected chi connectivity index (χ0v) is 29.3. The summed E-state index contributed by atoms with van der Waals surface area (Å²) in [6, 6.07) is 12.4. The Morgan fingerprint density at radius 2 is 1.80 bits per heavy atom. The van der Waals surface area contributed by atoms with Gasteiger partial charge in [-0.2, -0.15) is 0 Å². The van der Waals surface area contributed by atoms with Crippen molar-refractivity contribution in [2.75, 3.05) is 31.8 Å². The highest BCUT2D eigenvalue weighted by Gasteiger charge is 2.73. The molecule has 0 radical (unpaired) electrons. The molecule has 2 fully saturated rings. The molecule has 0 aliphatic carbocycles. The van der Waals surface area contributed by atoms with Crippen LogP contribution < -0.4 is 10.2 Å². The van der Waals surface area contributed by atoms with E-state index in [2.05, 4.69) is 5.32 Å². The summed E-state index contributed by atoms with van der Waals surface area (Å²) in [4.78, 5) is 60.7. The van der Waals surface area contributed by atoms with Crippen LogP contribution in [0.4, 0.5) is 5.69 Å². The average molecular weight is 686 g/mol. The van der Waals surface area contributed by atoms with E-state index in [4.69, 9.17) is 14.2 Å². The van der Waals surface area contributed by atoms with Gasteiger partial charge in [-0.1, -0.05) is 80.6 Å². The molecule has 0 unspecified atom stereocenters. The molecule has 4 aliphatic rings. The van der Waals surface area contributed by atoms with E-state index in [9.17, 15) is 24.3 Å². The van der Waals surface area contributed by atoms with Gasteiger partial charge in [0.05, 0.1) is 37.3 Å². The van der Waals surface area contributed by atoms with E-state index in [1.54, 1.807) is 23.1 Å². The highest BCUT2D eigenvalue weighted by molar-refractivity contribution is 6.06. The number of amides is 3. The van der Waals surface area contributed by atoms with Crippen LogP contribution in [0.1, 0.15) is 49.5 Å². The Labute approximate surface area is 293 Å². The molecule has 4 aliphatic heterocycles. The first-order valence-electron chi connectivity index (χ1n) is 17.4. The number of allylic oxidation sites excluding steroid dienone is 1. The summed E-state index contributed by atoms with van der Waals surface area (Å²) in [6.07, 6.45) is 5.75. The first-order valence-corrected chi connectivity index (χ1v) is 17.4. The molecule has 0 aromatic heterocycles. The Hall–Kier alpha value is -4.32. The second-order valence-electron chi connectivity index (χ2n) is 14.1. The third kappa shape index (κ3) is 6.27. The van der Waals surface area contributed by atoms with Gasteiger partial charge in [0, 0.05) is 25.8 Å². The van der Waals surface area contributed by atoms with Crippen molar-refractivity contribution in [3.63, 3.8) is 0 Å². The number of nitrogens with one attached hydrogen (secondary N) is 1. The van der Waals surface area contributed by atoms with Crippen LogP contribution in [0.5, 0.6) is 0 Å². The second-order valence-corrected chi connectivity index (χ2v) is 14.1. The molecule has 266 valence electrons. The van der Waals surface area contributed by atoms with Crippen LogP contribution in [0.2, 0.25) is 0 Å².